The van der Waals surface area contributed by atoms with E-state index in [0.717, 1.165) is 27.9 Å². The standard InChI is InChI=1S/C32H47N3O4/c1-19(2)25(34-30(38)39-32(10,11)12)29(37)35(31(7,8)9)27(24-17-20(3)16-21(4)18-24)28(36)33-26-22(5)14-13-15-23(26)6/h13-19,25,27H,1-12H3,(H,33,36)(H,34,38). The quantitative estimate of drug-likeness (QED) is 0.408. The van der Waals surface area contributed by atoms with Crippen LogP contribution in [0.2, 0.25) is 0 Å². The van der Waals surface area contributed by atoms with Crippen molar-refractivity contribution >= 4 is 23.6 Å². The molecule has 2 aromatic carbocycles. The van der Waals surface area contributed by atoms with E-state index in [1.54, 1.807) is 25.7 Å². The zero-order valence-corrected chi connectivity index (χ0v) is 25.8. The second-order valence-corrected chi connectivity index (χ2v) is 12.8. The van der Waals surface area contributed by atoms with E-state index in [0.29, 0.717) is 5.56 Å². The number of amides is 3. The van der Waals surface area contributed by atoms with Crippen LogP contribution in [0, 0.1) is 33.6 Å². The smallest absolute Gasteiger partial charge is 0.408 e. The Bertz CT molecular complexity index is 1160. The van der Waals surface area contributed by atoms with Crippen LogP contribution in [0.3, 0.4) is 0 Å². The van der Waals surface area contributed by atoms with Crippen LogP contribution < -0.4 is 10.6 Å². The lowest BCUT2D eigenvalue weighted by molar-refractivity contribution is -0.147. The van der Waals surface area contributed by atoms with E-state index in [1.807, 2.05) is 98.7 Å². The molecule has 0 saturated carbocycles. The molecule has 0 aliphatic rings. The number of hydrogen-bond acceptors (Lipinski definition) is 4. The maximum atomic E-state index is 14.4. The Morgan fingerprint density at radius 3 is 1.79 bits per heavy atom. The van der Waals surface area contributed by atoms with Crippen LogP contribution >= 0.6 is 0 Å². The van der Waals surface area contributed by atoms with Crippen molar-refractivity contribution in [3.05, 3.63) is 64.2 Å². The van der Waals surface area contributed by atoms with Crippen molar-refractivity contribution in [2.75, 3.05) is 5.32 Å². The van der Waals surface area contributed by atoms with E-state index < -0.39 is 29.3 Å². The Morgan fingerprint density at radius 2 is 1.36 bits per heavy atom. The molecule has 0 saturated heterocycles. The monoisotopic (exact) mass is 537 g/mol. The highest BCUT2D eigenvalue weighted by Crippen LogP contribution is 2.33. The molecule has 2 N–H and O–H groups in total. The molecule has 2 atom stereocenters. The van der Waals surface area contributed by atoms with Crippen LogP contribution in [0.1, 0.15) is 89.2 Å². The van der Waals surface area contributed by atoms with Crippen molar-refractivity contribution in [1.29, 1.82) is 0 Å². The van der Waals surface area contributed by atoms with Gasteiger partial charge in [0.25, 0.3) is 5.91 Å². The lowest BCUT2D eigenvalue weighted by Gasteiger charge is -2.43. The lowest BCUT2D eigenvalue weighted by Crippen LogP contribution is -2.59. The average Bonchev–Trinajstić information content (AvgIpc) is 2.74. The lowest BCUT2D eigenvalue weighted by atomic mass is 9.91. The minimum atomic E-state index is -0.947. The van der Waals surface area contributed by atoms with E-state index in [9.17, 15) is 14.4 Å². The largest absolute Gasteiger partial charge is 0.444 e. The fourth-order valence-corrected chi connectivity index (χ4v) is 4.73. The van der Waals surface area contributed by atoms with E-state index in [4.69, 9.17) is 4.74 Å². The molecule has 7 heteroatoms. The summed E-state index contributed by atoms with van der Waals surface area (Å²) < 4.78 is 5.46. The van der Waals surface area contributed by atoms with E-state index >= 15 is 0 Å². The Balaban J connectivity index is 2.67. The second kappa shape index (κ2) is 12.2. The third-order valence-corrected chi connectivity index (χ3v) is 6.36. The number of rotatable bonds is 7. The molecule has 0 aliphatic carbocycles. The number of benzene rings is 2. The zero-order chi connectivity index (χ0) is 29.9. The van der Waals surface area contributed by atoms with Gasteiger partial charge in [-0.3, -0.25) is 9.59 Å². The highest BCUT2D eigenvalue weighted by atomic mass is 16.6. The van der Waals surface area contributed by atoms with E-state index in [-0.39, 0.29) is 17.7 Å². The molecule has 0 spiro atoms. The van der Waals surface area contributed by atoms with Crippen LogP contribution in [0.15, 0.2) is 36.4 Å². The van der Waals surface area contributed by atoms with Gasteiger partial charge in [0.05, 0.1) is 0 Å². The summed E-state index contributed by atoms with van der Waals surface area (Å²) in [5.41, 5.74) is 3.80. The van der Waals surface area contributed by atoms with Crippen LogP contribution in [0.25, 0.3) is 0 Å². The molecule has 2 rings (SSSR count). The number of para-hydroxylation sites is 1. The number of ether oxygens (including phenoxy) is 1. The van der Waals surface area contributed by atoms with Gasteiger partial charge in [0, 0.05) is 11.2 Å². The molecule has 214 valence electrons. The molecule has 0 radical (unpaired) electrons. The maximum Gasteiger partial charge on any atom is 0.408 e. The summed E-state index contributed by atoms with van der Waals surface area (Å²) in [6.07, 6.45) is -0.675. The predicted octanol–water partition coefficient (Wildman–Crippen LogP) is 6.78. The molecule has 7 nitrogen and oxygen atoms in total. The van der Waals surface area contributed by atoms with E-state index in [1.165, 1.54) is 0 Å². The summed E-state index contributed by atoms with van der Waals surface area (Å²) in [5.74, 6) is -0.930. The number of aryl methyl sites for hydroxylation is 4. The summed E-state index contributed by atoms with van der Waals surface area (Å²) in [6, 6.07) is 9.91. The van der Waals surface area contributed by atoms with E-state index in [2.05, 4.69) is 10.6 Å². The van der Waals surface area contributed by atoms with Crippen LogP contribution in [-0.2, 0) is 14.3 Å². The molecule has 0 fully saturated rings. The Hall–Kier alpha value is -3.35. The van der Waals surface area contributed by atoms with Crippen LogP contribution in [0.5, 0.6) is 0 Å². The molecule has 0 aliphatic heterocycles. The summed E-state index contributed by atoms with van der Waals surface area (Å²) in [4.78, 5) is 43.0. The third kappa shape index (κ3) is 8.57. The first-order valence-electron chi connectivity index (χ1n) is 13.6. The van der Waals surface area contributed by atoms with Crippen molar-refractivity contribution in [1.82, 2.24) is 10.2 Å². The topological polar surface area (TPSA) is 87.7 Å². The van der Waals surface area contributed by atoms with Gasteiger partial charge in [0.2, 0.25) is 5.91 Å². The van der Waals surface area contributed by atoms with Gasteiger partial charge in [-0.1, -0.05) is 61.4 Å². The Kier molecular flexibility index (Phi) is 9.99. The molecular weight excluding hydrogens is 490 g/mol. The van der Waals surface area contributed by atoms with Gasteiger partial charge in [-0.25, -0.2) is 4.79 Å². The molecule has 2 aromatic rings. The fourth-order valence-electron chi connectivity index (χ4n) is 4.73. The number of carbonyl (C=O) groups excluding carboxylic acids is 3. The van der Waals surface area contributed by atoms with Gasteiger partial charge in [0.15, 0.2) is 0 Å². The second-order valence-electron chi connectivity index (χ2n) is 12.8. The van der Waals surface area contributed by atoms with Gasteiger partial charge in [-0.05, 0) is 91.8 Å². The Labute approximate surface area is 234 Å². The highest BCUT2D eigenvalue weighted by Gasteiger charge is 2.43. The first kappa shape index (κ1) is 31.9. The summed E-state index contributed by atoms with van der Waals surface area (Å²) >= 11 is 0. The van der Waals surface area contributed by atoms with Crippen molar-refractivity contribution in [2.45, 2.75) is 106 Å². The number of nitrogens with zero attached hydrogens (tertiary/aromatic N) is 1. The first-order chi connectivity index (χ1) is 17.8. The number of nitrogens with one attached hydrogen (secondary N) is 2. The minimum absolute atomic E-state index is 0.253. The minimum Gasteiger partial charge on any atom is -0.444 e. The molecular formula is C32H47N3O4. The molecule has 3 amide bonds. The van der Waals surface area contributed by atoms with Gasteiger partial charge in [-0.15, -0.1) is 0 Å². The fraction of sp³-hybridized carbons (Fsp3) is 0.531. The molecule has 2 unspecified atom stereocenters. The van der Waals surface area contributed by atoms with Gasteiger partial charge in [0.1, 0.15) is 17.7 Å². The van der Waals surface area contributed by atoms with Crippen molar-refractivity contribution in [2.24, 2.45) is 5.92 Å². The van der Waals surface area contributed by atoms with Gasteiger partial charge in [-0.2, -0.15) is 0 Å². The predicted molar refractivity (Wildman–Crippen MR) is 158 cm³/mol. The maximum absolute atomic E-state index is 14.4. The number of hydrogen-bond donors (Lipinski definition) is 2. The van der Waals surface area contributed by atoms with Gasteiger partial charge < -0.3 is 20.3 Å². The summed E-state index contributed by atoms with van der Waals surface area (Å²) in [6.45, 7) is 22.6. The van der Waals surface area contributed by atoms with Crippen molar-refractivity contribution < 1.29 is 19.1 Å². The SMILES string of the molecule is Cc1cc(C)cc(C(C(=O)Nc2c(C)cccc2C)N(C(=O)C(NC(=O)OC(C)(C)C)C(C)C)C(C)(C)C)c1. The average molecular weight is 538 g/mol. The molecule has 0 heterocycles. The van der Waals surface area contributed by atoms with Gasteiger partial charge >= 0.3 is 6.09 Å². The first-order valence-corrected chi connectivity index (χ1v) is 13.6. The molecule has 0 aromatic heterocycles. The highest BCUT2D eigenvalue weighted by molar-refractivity contribution is 6.00. The summed E-state index contributed by atoms with van der Waals surface area (Å²) in [7, 11) is 0. The number of anilines is 1. The van der Waals surface area contributed by atoms with Crippen molar-refractivity contribution in [3.8, 4) is 0 Å². The summed E-state index contributed by atoms with van der Waals surface area (Å²) in [5, 5.41) is 5.90. The normalized spacial score (nSPS) is 13.5. The van der Waals surface area contributed by atoms with Crippen molar-refractivity contribution in [3.63, 3.8) is 0 Å². The van der Waals surface area contributed by atoms with Crippen LogP contribution in [-0.4, -0.2) is 40.0 Å². The number of alkyl carbamates (subject to hydrolysis) is 1. The third-order valence-electron chi connectivity index (χ3n) is 6.36. The molecule has 39 heavy (non-hydrogen) atoms. The zero-order valence-electron chi connectivity index (χ0n) is 25.8. The number of carbonyl (C=O) groups is 3. The van der Waals surface area contributed by atoms with Crippen LogP contribution in [0.4, 0.5) is 10.5 Å². The molecule has 0 bridgehead atoms. The Morgan fingerprint density at radius 1 is 0.846 bits per heavy atom.